The Bertz CT molecular complexity index is 640. The molecular weight excluding hydrogens is 397 g/mol. The van der Waals surface area contributed by atoms with Gasteiger partial charge in [-0.3, -0.25) is 9.98 Å². The fourth-order valence-corrected chi connectivity index (χ4v) is 6.97. The Hall–Kier alpha value is -0.510. The molecule has 10 unspecified atom stereocenters. The fourth-order valence-electron chi connectivity index (χ4n) is 6.17. The molecule has 2 fully saturated rings. The molecule has 0 heterocycles. The minimum atomic E-state index is -1.16. The first-order valence-electron chi connectivity index (χ1n) is 10.8. The molecule has 0 amide bonds. The summed E-state index contributed by atoms with van der Waals surface area (Å²) in [6.45, 7) is 13.9. The van der Waals surface area contributed by atoms with Gasteiger partial charge in [0.15, 0.2) is 0 Å². The first-order valence-corrected chi connectivity index (χ1v) is 11.3. The molecule has 2 saturated carbocycles. The predicted molar refractivity (Wildman–Crippen MR) is 130 cm³/mol. The maximum Gasteiger partial charge on any atom is 0.124 e. The first kappa shape index (κ1) is 25.7. The molecule has 14 N–H and O–H groups in total. The van der Waals surface area contributed by atoms with E-state index in [9.17, 15) is 0 Å². The van der Waals surface area contributed by atoms with Crippen molar-refractivity contribution in [2.75, 3.05) is 0 Å². The SMILES string of the molecule is C=NC1C(N)C(C(C)C)C2C(N)C(N)(N)CCC(N)[C@@](N)(N=C)CC(N)C2C1(C)P. The Morgan fingerprint density at radius 1 is 1.07 bits per heavy atom. The van der Waals surface area contributed by atoms with Crippen molar-refractivity contribution in [3.8, 4) is 0 Å². The lowest BCUT2D eigenvalue weighted by atomic mass is 9.53. The summed E-state index contributed by atoms with van der Waals surface area (Å²) in [5, 5.41) is -0.490. The zero-order chi connectivity index (χ0) is 23.2. The normalized spacial score (nSPS) is 49.9. The van der Waals surface area contributed by atoms with Gasteiger partial charge in [0.1, 0.15) is 5.66 Å². The van der Waals surface area contributed by atoms with Crippen LogP contribution in [0.5, 0.6) is 0 Å². The van der Waals surface area contributed by atoms with E-state index in [-0.39, 0.29) is 35.8 Å². The Labute approximate surface area is 183 Å². The molecular formula is C20H44N9P. The van der Waals surface area contributed by atoms with E-state index in [1.54, 1.807) is 0 Å². The smallest absolute Gasteiger partial charge is 0.124 e. The number of hydrogen-bond donors (Lipinski definition) is 7. The minimum Gasteiger partial charge on any atom is -0.327 e. The van der Waals surface area contributed by atoms with Gasteiger partial charge < -0.3 is 40.1 Å². The highest BCUT2D eigenvalue weighted by Crippen LogP contribution is 2.53. The Morgan fingerprint density at radius 3 is 2.10 bits per heavy atom. The van der Waals surface area contributed by atoms with Crippen molar-refractivity contribution in [1.29, 1.82) is 0 Å². The number of nitrogens with two attached hydrogens (primary N) is 7. The summed E-state index contributed by atoms with van der Waals surface area (Å²) in [7, 11) is 2.92. The van der Waals surface area contributed by atoms with E-state index in [1.165, 1.54) is 0 Å². The second kappa shape index (κ2) is 8.79. The molecule has 2 aliphatic carbocycles. The molecule has 2 rings (SSSR count). The van der Waals surface area contributed by atoms with Crippen molar-refractivity contribution in [2.45, 2.75) is 86.7 Å². The van der Waals surface area contributed by atoms with Crippen molar-refractivity contribution in [3.63, 3.8) is 0 Å². The number of fused-ring (bicyclic) bond motifs is 1. The highest BCUT2D eigenvalue weighted by molar-refractivity contribution is 7.19. The molecule has 0 radical (unpaired) electrons. The van der Waals surface area contributed by atoms with Crippen molar-refractivity contribution < 1.29 is 0 Å². The molecule has 174 valence electrons. The van der Waals surface area contributed by atoms with Gasteiger partial charge in [-0.1, -0.05) is 20.8 Å². The van der Waals surface area contributed by atoms with Gasteiger partial charge in [-0.05, 0) is 49.9 Å². The summed E-state index contributed by atoms with van der Waals surface area (Å²) >= 11 is 0. The van der Waals surface area contributed by atoms with E-state index in [0.29, 0.717) is 19.3 Å². The van der Waals surface area contributed by atoms with Crippen molar-refractivity contribution >= 4 is 22.7 Å². The third kappa shape index (κ3) is 4.24. The molecule has 11 atom stereocenters. The highest BCUT2D eigenvalue weighted by atomic mass is 31.0. The van der Waals surface area contributed by atoms with E-state index >= 15 is 0 Å². The Balaban J connectivity index is 2.73. The van der Waals surface area contributed by atoms with Crippen LogP contribution in [0.1, 0.15) is 40.0 Å². The zero-order valence-corrected chi connectivity index (χ0v) is 19.9. The van der Waals surface area contributed by atoms with Crippen molar-refractivity contribution in [3.05, 3.63) is 0 Å². The van der Waals surface area contributed by atoms with Crippen LogP contribution < -0.4 is 40.1 Å². The maximum atomic E-state index is 6.87. The Kier molecular flexibility index (Phi) is 7.54. The highest BCUT2D eigenvalue weighted by Gasteiger charge is 2.60. The second-order valence-corrected chi connectivity index (χ2v) is 11.5. The second-order valence-electron chi connectivity index (χ2n) is 10.3. The van der Waals surface area contributed by atoms with Gasteiger partial charge in [-0.2, -0.15) is 0 Å². The van der Waals surface area contributed by atoms with E-state index in [0.717, 1.165) is 0 Å². The predicted octanol–water partition coefficient (Wildman–Crippen LogP) is -1.33. The lowest BCUT2D eigenvalue weighted by Gasteiger charge is -2.60. The third-order valence-corrected chi connectivity index (χ3v) is 8.60. The molecule has 0 bridgehead atoms. The van der Waals surface area contributed by atoms with E-state index < -0.39 is 34.6 Å². The van der Waals surface area contributed by atoms with Crippen LogP contribution in [-0.2, 0) is 0 Å². The summed E-state index contributed by atoms with van der Waals surface area (Å²) in [6.07, 6.45) is 1.23. The lowest BCUT2D eigenvalue weighted by molar-refractivity contribution is -0.00682. The lowest BCUT2D eigenvalue weighted by Crippen LogP contribution is -2.76. The summed E-state index contributed by atoms with van der Waals surface area (Å²) in [5.41, 5.74) is 44.4. The molecule has 2 aliphatic rings. The van der Waals surface area contributed by atoms with Gasteiger partial charge >= 0.3 is 0 Å². The van der Waals surface area contributed by atoms with Crippen LogP contribution in [0.4, 0.5) is 0 Å². The summed E-state index contributed by atoms with van der Waals surface area (Å²) in [6, 6.07) is -1.92. The Morgan fingerprint density at radius 2 is 1.63 bits per heavy atom. The first-order chi connectivity index (χ1) is 13.7. The zero-order valence-electron chi connectivity index (χ0n) is 18.7. The summed E-state index contributed by atoms with van der Waals surface area (Å²) in [5.74, 6) is -0.0728. The monoisotopic (exact) mass is 441 g/mol. The van der Waals surface area contributed by atoms with Gasteiger partial charge in [0.2, 0.25) is 0 Å². The molecule has 0 aliphatic heterocycles. The van der Waals surface area contributed by atoms with Gasteiger partial charge in [-0.25, -0.2) is 0 Å². The topological polar surface area (TPSA) is 207 Å². The minimum absolute atomic E-state index is 0.00335. The molecule has 0 aromatic carbocycles. The number of hydrogen-bond acceptors (Lipinski definition) is 9. The standard InChI is InChI=1S/C20H44N9P/c1-9(2)12-13-14(18(3,30)17(28-4)15(12)23)10(21)8-20(27,29-5)11(22)6-7-19(25,26)16(13)24/h9-17H,4-8,21-27,30H2,1-3H3/t10?,11?,12?,13?,14?,15?,16?,17?,18?,20-/m0/s1. The van der Waals surface area contributed by atoms with Crippen LogP contribution in [0.2, 0.25) is 0 Å². The van der Waals surface area contributed by atoms with E-state index in [4.69, 9.17) is 40.1 Å². The molecule has 0 aromatic rings. The summed E-state index contributed by atoms with van der Waals surface area (Å²) in [4.78, 5) is 8.61. The van der Waals surface area contributed by atoms with Gasteiger partial charge in [0.25, 0.3) is 0 Å². The fraction of sp³-hybridized carbons (Fsp3) is 0.900. The largest absolute Gasteiger partial charge is 0.327 e. The van der Waals surface area contributed by atoms with Crippen LogP contribution in [0.3, 0.4) is 0 Å². The quantitative estimate of drug-likeness (QED) is 0.159. The number of rotatable bonds is 3. The van der Waals surface area contributed by atoms with Crippen LogP contribution in [0.15, 0.2) is 9.98 Å². The number of aliphatic imine (C=N–C) groups is 2. The molecule has 0 saturated heterocycles. The average Bonchev–Trinajstić information content (AvgIpc) is 2.63. The van der Waals surface area contributed by atoms with E-state index in [2.05, 4.69) is 53.4 Å². The third-order valence-electron chi connectivity index (χ3n) is 7.87. The van der Waals surface area contributed by atoms with Gasteiger partial charge in [0, 0.05) is 35.7 Å². The maximum absolute atomic E-state index is 6.87. The molecule has 0 aromatic heterocycles. The molecule has 9 nitrogen and oxygen atoms in total. The van der Waals surface area contributed by atoms with Crippen molar-refractivity contribution in [1.82, 2.24) is 0 Å². The van der Waals surface area contributed by atoms with E-state index in [1.807, 2.05) is 0 Å². The molecule has 0 spiro atoms. The van der Waals surface area contributed by atoms with Gasteiger partial charge in [-0.15, -0.1) is 9.24 Å². The van der Waals surface area contributed by atoms with Crippen LogP contribution in [0.25, 0.3) is 0 Å². The van der Waals surface area contributed by atoms with Crippen LogP contribution in [-0.4, -0.2) is 60.1 Å². The van der Waals surface area contributed by atoms with Crippen LogP contribution in [0, 0.1) is 23.7 Å². The molecule has 30 heavy (non-hydrogen) atoms. The van der Waals surface area contributed by atoms with Crippen LogP contribution >= 0.6 is 9.24 Å². The van der Waals surface area contributed by atoms with Crippen molar-refractivity contribution in [2.24, 2.45) is 73.8 Å². The number of nitrogens with zero attached hydrogens (tertiary/aromatic N) is 2. The average molecular weight is 442 g/mol. The van der Waals surface area contributed by atoms with Gasteiger partial charge in [0.05, 0.1) is 11.7 Å². The molecule has 10 heteroatoms. The summed E-state index contributed by atoms with van der Waals surface area (Å²) < 4.78 is 0.